The largest absolute Gasteiger partial charge is 0.493 e. The zero-order valence-electron chi connectivity index (χ0n) is 16.4. The highest BCUT2D eigenvalue weighted by Gasteiger charge is 2.26. The Kier molecular flexibility index (Phi) is 5.70. The number of carbonyl (C=O) groups excluding carboxylic acids is 1. The summed E-state index contributed by atoms with van der Waals surface area (Å²) in [5.41, 5.74) is 2.23. The summed E-state index contributed by atoms with van der Waals surface area (Å²) in [7, 11) is 1.67. The molecule has 148 valence electrons. The Labute approximate surface area is 166 Å². The molecule has 1 heterocycles. The number of benzene rings is 2. The van der Waals surface area contributed by atoms with Crippen molar-refractivity contribution in [2.75, 3.05) is 25.1 Å². The Bertz CT molecular complexity index is 803. The van der Waals surface area contributed by atoms with Crippen molar-refractivity contribution in [2.24, 2.45) is 0 Å². The van der Waals surface area contributed by atoms with Crippen molar-refractivity contribution in [3.63, 3.8) is 0 Å². The molecule has 0 spiro atoms. The molecule has 2 aromatic carbocycles. The Morgan fingerprint density at radius 2 is 1.86 bits per heavy atom. The predicted molar refractivity (Wildman–Crippen MR) is 110 cm³/mol. The van der Waals surface area contributed by atoms with E-state index in [2.05, 4.69) is 22.3 Å². The van der Waals surface area contributed by atoms with Gasteiger partial charge in [-0.15, -0.1) is 0 Å². The molecule has 1 saturated heterocycles. The molecule has 0 aromatic heterocycles. The minimum atomic E-state index is 0.0567. The van der Waals surface area contributed by atoms with Crippen LogP contribution in [0.3, 0.4) is 0 Å². The van der Waals surface area contributed by atoms with Crippen LogP contribution in [-0.4, -0.2) is 38.3 Å². The molecule has 1 aliphatic heterocycles. The van der Waals surface area contributed by atoms with E-state index in [9.17, 15) is 4.79 Å². The first kappa shape index (κ1) is 18.7. The zero-order chi connectivity index (χ0) is 19.3. The summed E-state index contributed by atoms with van der Waals surface area (Å²) >= 11 is 0. The molecule has 5 heteroatoms. The minimum Gasteiger partial charge on any atom is -0.493 e. The number of anilines is 1. The van der Waals surface area contributed by atoms with E-state index < -0.39 is 0 Å². The van der Waals surface area contributed by atoms with Crippen molar-refractivity contribution in [3.8, 4) is 11.5 Å². The third-order valence-electron chi connectivity index (χ3n) is 5.57. The maximum Gasteiger partial charge on any atom is 0.239 e. The molecule has 1 aliphatic carbocycles. The summed E-state index contributed by atoms with van der Waals surface area (Å²) in [5.74, 6) is 1.58. The lowest BCUT2D eigenvalue weighted by atomic mass is 10.0. The minimum absolute atomic E-state index is 0.0567. The molecular formula is C23H28N2O3. The van der Waals surface area contributed by atoms with Crippen molar-refractivity contribution >= 4 is 11.6 Å². The molecule has 0 bridgehead atoms. The molecular weight excluding hydrogens is 352 g/mol. The highest BCUT2D eigenvalue weighted by molar-refractivity contribution is 5.83. The first-order valence-electron chi connectivity index (χ1n) is 10.1. The van der Waals surface area contributed by atoms with Gasteiger partial charge in [0.25, 0.3) is 0 Å². The zero-order valence-corrected chi connectivity index (χ0v) is 16.4. The normalized spacial score (nSPS) is 20.1. The number of nitrogens with zero attached hydrogens (tertiary/aromatic N) is 1. The van der Waals surface area contributed by atoms with Gasteiger partial charge in [0.2, 0.25) is 5.91 Å². The van der Waals surface area contributed by atoms with Crippen LogP contribution < -0.4 is 19.7 Å². The SMILES string of the molecule is COc1ccc(N2CC(=O)NC(Cc3ccccc3)C2)cc1OC1CCCC1. The van der Waals surface area contributed by atoms with Gasteiger partial charge >= 0.3 is 0 Å². The standard InChI is InChI=1S/C23H28N2O3/c1-27-21-12-11-19(14-22(21)28-20-9-5-6-10-20)25-15-18(24-23(26)16-25)13-17-7-3-2-4-8-17/h2-4,7-8,11-12,14,18,20H,5-6,9-10,13,15-16H2,1H3,(H,24,26). The van der Waals surface area contributed by atoms with Crippen LogP contribution in [0.2, 0.25) is 0 Å². The van der Waals surface area contributed by atoms with Crippen LogP contribution in [0.5, 0.6) is 11.5 Å². The van der Waals surface area contributed by atoms with Crippen molar-refractivity contribution < 1.29 is 14.3 Å². The number of hydrogen-bond donors (Lipinski definition) is 1. The second kappa shape index (κ2) is 8.55. The summed E-state index contributed by atoms with van der Waals surface area (Å²) in [6, 6.07) is 16.4. The molecule has 1 amide bonds. The molecule has 1 atom stereocenters. The van der Waals surface area contributed by atoms with Crippen LogP contribution in [0.1, 0.15) is 31.2 Å². The summed E-state index contributed by atoms with van der Waals surface area (Å²) in [6.07, 6.45) is 5.72. The van der Waals surface area contributed by atoms with Gasteiger partial charge in [0.1, 0.15) is 0 Å². The molecule has 2 aliphatic rings. The van der Waals surface area contributed by atoms with E-state index in [0.717, 1.165) is 43.0 Å². The predicted octanol–water partition coefficient (Wildman–Crippen LogP) is 3.56. The lowest BCUT2D eigenvalue weighted by molar-refractivity contribution is -0.121. The van der Waals surface area contributed by atoms with E-state index in [0.29, 0.717) is 6.54 Å². The van der Waals surface area contributed by atoms with Crippen molar-refractivity contribution in [2.45, 2.75) is 44.2 Å². The van der Waals surface area contributed by atoms with Gasteiger partial charge in [-0.1, -0.05) is 30.3 Å². The summed E-state index contributed by atoms with van der Waals surface area (Å²) in [5, 5.41) is 3.12. The van der Waals surface area contributed by atoms with E-state index >= 15 is 0 Å². The number of methoxy groups -OCH3 is 1. The van der Waals surface area contributed by atoms with Crippen molar-refractivity contribution in [3.05, 3.63) is 54.1 Å². The number of amides is 1. The second-order valence-electron chi connectivity index (χ2n) is 7.69. The fourth-order valence-electron chi connectivity index (χ4n) is 4.17. The summed E-state index contributed by atoms with van der Waals surface area (Å²) < 4.78 is 11.7. The van der Waals surface area contributed by atoms with Gasteiger partial charge in [-0.05, 0) is 49.8 Å². The Hall–Kier alpha value is -2.69. The van der Waals surface area contributed by atoms with Crippen LogP contribution in [0, 0.1) is 0 Å². The van der Waals surface area contributed by atoms with Gasteiger partial charge in [0, 0.05) is 18.3 Å². The third kappa shape index (κ3) is 4.41. The molecule has 1 N–H and O–H groups in total. The van der Waals surface area contributed by atoms with Gasteiger partial charge < -0.3 is 19.7 Å². The first-order chi connectivity index (χ1) is 13.7. The number of rotatable bonds is 6. The number of hydrogen-bond acceptors (Lipinski definition) is 4. The topological polar surface area (TPSA) is 50.8 Å². The van der Waals surface area contributed by atoms with Gasteiger partial charge in [0.15, 0.2) is 11.5 Å². The average Bonchev–Trinajstić information content (AvgIpc) is 3.21. The number of piperazine rings is 1. The Morgan fingerprint density at radius 3 is 2.61 bits per heavy atom. The first-order valence-corrected chi connectivity index (χ1v) is 10.1. The Morgan fingerprint density at radius 1 is 1.07 bits per heavy atom. The molecule has 28 heavy (non-hydrogen) atoms. The lowest BCUT2D eigenvalue weighted by Gasteiger charge is -2.35. The van der Waals surface area contributed by atoms with Gasteiger partial charge in [-0.3, -0.25) is 4.79 Å². The van der Waals surface area contributed by atoms with Crippen LogP contribution in [-0.2, 0) is 11.2 Å². The van der Waals surface area contributed by atoms with Crippen LogP contribution in [0.25, 0.3) is 0 Å². The molecule has 0 radical (unpaired) electrons. The number of nitrogens with one attached hydrogen (secondary N) is 1. The molecule has 1 unspecified atom stereocenters. The third-order valence-corrected chi connectivity index (χ3v) is 5.57. The van der Waals surface area contributed by atoms with E-state index in [1.54, 1.807) is 7.11 Å². The maximum absolute atomic E-state index is 12.3. The summed E-state index contributed by atoms with van der Waals surface area (Å²) in [4.78, 5) is 14.5. The van der Waals surface area contributed by atoms with Crippen molar-refractivity contribution in [1.82, 2.24) is 5.32 Å². The smallest absolute Gasteiger partial charge is 0.239 e. The fraction of sp³-hybridized carbons (Fsp3) is 0.435. The number of carbonyl (C=O) groups is 1. The van der Waals surface area contributed by atoms with Crippen molar-refractivity contribution in [1.29, 1.82) is 0 Å². The average molecular weight is 380 g/mol. The monoisotopic (exact) mass is 380 g/mol. The van der Waals surface area contributed by atoms with E-state index in [1.165, 1.54) is 18.4 Å². The van der Waals surface area contributed by atoms with Crippen LogP contribution >= 0.6 is 0 Å². The van der Waals surface area contributed by atoms with Gasteiger partial charge in [0.05, 0.1) is 25.8 Å². The number of ether oxygens (including phenoxy) is 2. The van der Waals surface area contributed by atoms with E-state index in [4.69, 9.17) is 9.47 Å². The molecule has 1 saturated carbocycles. The molecule has 2 fully saturated rings. The highest BCUT2D eigenvalue weighted by Crippen LogP contribution is 2.35. The van der Waals surface area contributed by atoms with Crippen LogP contribution in [0.15, 0.2) is 48.5 Å². The molecule has 2 aromatic rings. The summed E-state index contributed by atoms with van der Waals surface area (Å²) in [6.45, 7) is 1.14. The van der Waals surface area contributed by atoms with Crippen LogP contribution in [0.4, 0.5) is 5.69 Å². The van der Waals surface area contributed by atoms with E-state index in [-0.39, 0.29) is 18.1 Å². The maximum atomic E-state index is 12.3. The Balaban J connectivity index is 1.50. The molecule has 4 rings (SSSR count). The quantitative estimate of drug-likeness (QED) is 0.833. The van der Waals surface area contributed by atoms with E-state index in [1.807, 2.05) is 36.4 Å². The molecule has 5 nitrogen and oxygen atoms in total. The highest BCUT2D eigenvalue weighted by atomic mass is 16.5. The van der Waals surface area contributed by atoms with Gasteiger partial charge in [-0.2, -0.15) is 0 Å². The van der Waals surface area contributed by atoms with Gasteiger partial charge in [-0.25, -0.2) is 0 Å². The fourth-order valence-corrected chi connectivity index (χ4v) is 4.17. The lowest BCUT2D eigenvalue weighted by Crippen LogP contribution is -2.55. The second-order valence-corrected chi connectivity index (χ2v) is 7.69.